The Morgan fingerprint density at radius 2 is 1.95 bits per heavy atom. The second-order valence-electron chi connectivity index (χ2n) is 5.96. The number of nitrogen functional groups attached to an aromatic ring is 1. The van der Waals surface area contributed by atoms with Crippen LogP contribution in [0.4, 0.5) is 5.69 Å². The number of hydrogen-bond donors (Lipinski definition) is 1. The van der Waals surface area contributed by atoms with Crippen molar-refractivity contribution in [2.24, 2.45) is 0 Å². The van der Waals surface area contributed by atoms with Gasteiger partial charge in [0.15, 0.2) is 5.82 Å². The Morgan fingerprint density at radius 3 is 2.60 bits per heavy atom. The Morgan fingerprint density at radius 1 is 1.25 bits per heavy atom. The highest BCUT2D eigenvalue weighted by atomic mass is 32.2. The minimum atomic E-state index is 0.180. The van der Waals surface area contributed by atoms with Crippen molar-refractivity contribution < 1.29 is 4.52 Å². The molecule has 5 heteroatoms. The standard InChI is InChI=1S/C15H21N3OS/c1-9-6-10(2)13(16)11(7-9)14-17-12(18-19-14)8-20-15(3,4)5/h6-7H,8,16H2,1-5H3. The minimum Gasteiger partial charge on any atom is -0.398 e. The zero-order chi connectivity index (χ0) is 14.9. The number of aryl methyl sites for hydroxylation is 2. The average Bonchev–Trinajstić information content (AvgIpc) is 2.79. The van der Waals surface area contributed by atoms with E-state index >= 15 is 0 Å². The van der Waals surface area contributed by atoms with Gasteiger partial charge in [-0.1, -0.05) is 32.0 Å². The first kappa shape index (κ1) is 14.9. The van der Waals surface area contributed by atoms with E-state index < -0.39 is 0 Å². The van der Waals surface area contributed by atoms with Gasteiger partial charge in [-0.2, -0.15) is 4.98 Å². The van der Waals surface area contributed by atoms with E-state index in [9.17, 15) is 0 Å². The van der Waals surface area contributed by atoms with E-state index in [1.54, 1.807) is 11.8 Å². The highest BCUT2D eigenvalue weighted by Gasteiger charge is 2.16. The van der Waals surface area contributed by atoms with Gasteiger partial charge in [-0.25, -0.2) is 0 Å². The van der Waals surface area contributed by atoms with Crippen molar-refractivity contribution in [3.8, 4) is 11.5 Å². The molecule has 4 nitrogen and oxygen atoms in total. The summed E-state index contributed by atoms with van der Waals surface area (Å²) in [5.74, 6) is 1.94. The molecule has 0 atom stereocenters. The van der Waals surface area contributed by atoms with Gasteiger partial charge in [0.05, 0.1) is 11.3 Å². The van der Waals surface area contributed by atoms with Crippen LogP contribution in [0.25, 0.3) is 11.5 Å². The third kappa shape index (κ3) is 3.54. The van der Waals surface area contributed by atoms with Crippen LogP contribution in [0.2, 0.25) is 0 Å². The molecule has 0 amide bonds. The molecule has 0 fully saturated rings. The van der Waals surface area contributed by atoms with E-state index in [2.05, 4.69) is 30.9 Å². The van der Waals surface area contributed by atoms with Crippen molar-refractivity contribution in [3.05, 3.63) is 29.1 Å². The van der Waals surface area contributed by atoms with Crippen molar-refractivity contribution in [1.29, 1.82) is 0 Å². The van der Waals surface area contributed by atoms with Crippen LogP contribution >= 0.6 is 11.8 Å². The summed E-state index contributed by atoms with van der Waals surface area (Å²) in [6, 6.07) is 4.03. The normalized spacial score (nSPS) is 11.8. The van der Waals surface area contributed by atoms with E-state index in [0.717, 1.165) is 22.4 Å². The Balaban J connectivity index is 2.25. The summed E-state index contributed by atoms with van der Waals surface area (Å²) in [5.41, 5.74) is 9.79. The summed E-state index contributed by atoms with van der Waals surface area (Å²) >= 11 is 1.79. The van der Waals surface area contributed by atoms with Gasteiger partial charge in [-0.05, 0) is 31.0 Å². The summed E-state index contributed by atoms with van der Waals surface area (Å²) in [7, 11) is 0. The molecule has 2 aromatic rings. The molecule has 2 N–H and O–H groups in total. The molecule has 0 aliphatic rings. The van der Waals surface area contributed by atoms with E-state index in [4.69, 9.17) is 10.3 Å². The quantitative estimate of drug-likeness (QED) is 0.867. The Labute approximate surface area is 124 Å². The Hall–Kier alpha value is -1.49. The first-order chi connectivity index (χ1) is 9.26. The molecule has 0 aliphatic heterocycles. The van der Waals surface area contributed by atoms with E-state index in [-0.39, 0.29) is 4.75 Å². The Bertz CT molecular complexity index is 614. The second-order valence-corrected chi connectivity index (χ2v) is 7.76. The number of benzene rings is 1. The predicted molar refractivity (Wildman–Crippen MR) is 84.7 cm³/mol. The zero-order valence-electron chi connectivity index (χ0n) is 12.7. The van der Waals surface area contributed by atoms with Crippen molar-refractivity contribution in [3.63, 3.8) is 0 Å². The molecule has 20 heavy (non-hydrogen) atoms. The predicted octanol–water partition coefficient (Wildman–Crippen LogP) is 3.97. The maximum atomic E-state index is 6.10. The fourth-order valence-electron chi connectivity index (χ4n) is 1.86. The van der Waals surface area contributed by atoms with Crippen LogP contribution < -0.4 is 5.73 Å². The average molecular weight is 291 g/mol. The molecule has 0 saturated carbocycles. The van der Waals surface area contributed by atoms with Crippen molar-refractivity contribution in [2.75, 3.05) is 5.73 Å². The molecular weight excluding hydrogens is 270 g/mol. The largest absolute Gasteiger partial charge is 0.398 e. The number of nitrogens with two attached hydrogens (primary N) is 1. The third-order valence-electron chi connectivity index (χ3n) is 2.86. The van der Waals surface area contributed by atoms with Gasteiger partial charge in [0, 0.05) is 10.4 Å². The van der Waals surface area contributed by atoms with E-state index in [1.807, 2.05) is 26.0 Å². The SMILES string of the molecule is Cc1cc(C)c(N)c(-c2nc(CSC(C)(C)C)no2)c1. The van der Waals surface area contributed by atoms with Gasteiger partial charge in [-0.3, -0.25) is 0 Å². The number of nitrogens with zero attached hydrogens (tertiary/aromatic N) is 2. The third-order valence-corrected chi connectivity index (χ3v) is 4.13. The number of anilines is 1. The van der Waals surface area contributed by atoms with Crippen LogP contribution in [0.15, 0.2) is 16.7 Å². The van der Waals surface area contributed by atoms with Crippen LogP contribution in [-0.2, 0) is 5.75 Å². The number of rotatable bonds is 3. The molecule has 2 rings (SSSR count). The van der Waals surface area contributed by atoms with Crippen molar-refractivity contribution in [2.45, 2.75) is 45.1 Å². The van der Waals surface area contributed by atoms with Crippen molar-refractivity contribution >= 4 is 17.4 Å². The molecule has 0 radical (unpaired) electrons. The summed E-state index contributed by atoms with van der Waals surface area (Å²) in [6.45, 7) is 10.5. The summed E-state index contributed by atoms with van der Waals surface area (Å²) in [5, 5.41) is 4.03. The lowest BCUT2D eigenvalue weighted by Crippen LogP contribution is -2.07. The van der Waals surface area contributed by atoms with E-state index in [1.165, 1.54) is 0 Å². The fourth-order valence-corrected chi connectivity index (χ4v) is 2.54. The molecule has 1 heterocycles. The van der Waals surface area contributed by atoms with E-state index in [0.29, 0.717) is 17.4 Å². The van der Waals surface area contributed by atoms with Gasteiger partial charge in [0.25, 0.3) is 5.89 Å². The van der Waals surface area contributed by atoms with Crippen LogP contribution in [0.1, 0.15) is 37.7 Å². The molecule has 0 bridgehead atoms. The van der Waals surface area contributed by atoms with Crippen LogP contribution in [-0.4, -0.2) is 14.9 Å². The summed E-state index contributed by atoms with van der Waals surface area (Å²) < 4.78 is 5.53. The van der Waals surface area contributed by atoms with Gasteiger partial charge in [0.2, 0.25) is 0 Å². The first-order valence-corrected chi connectivity index (χ1v) is 7.58. The monoisotopic (exact) mass is 291 g/mol. The molecule has 1 aromatic heterocycles. The molecular formula is C15H21N3OS. The molecule has 0 aliphatic carbocycles. The van der Waals surface area contributed by atoms with Crippen LogP contribution in [0, 0.1) is 13.8 Å². The number of thioether (sulfide) groups is 1. The topological polar surface area (TPSA) is 64.9 Å². The summed E-state index contributed by atoms with van der Waals surface area (Å²) in [6.07, 6.45) is 0. The maximum absolute atomic E-state index is 6.10. The highest BCUT2D eigenvalue weighted by Crippen LogP contribution is 2.30. The van der Waals surface area contributed by atoms with Crippen LogP contribution in [0.3, 0.4) is 0 Å². The molecule has 0 spiro atoms. The Kier molecular flexibility index (Phi) is 4.09. The second kappa shape index (κ2) is 5.48. The molecule has 108 valence electrons. The van der Waals surface area contributed by atoms with Crippen molar-refractivity contribution in [1.82, 2.24) is 10.1 Å². The lowest BCUT2D eigenvalue weighted by Gasteiger charge is -2.15. The molecule has 0 saturated heterocycles. The number of hydrogen-bond acceptors (Lipinski definition) is 5. The first-order valence-electron chi connectivity index (χ1n) is 6.60. The minimum absolute atomic E-state index is 0.180. The highest BCUT2D eigenvalue weighted by molar-refractivity contribution is 7.99. The zero-order valence-corrected chi connectivity index (χ0v) is 13.5. The lowest BCUT2D eigenvalue weighted by atomic mass is 10.0. The molecule has 1 aromatic carbocycles. The fraction of sp³-hybridized carbons (Fsp3) is 0.467. The smallest absolute Gasteiger partial charge is 0.260 e. The van der Waals surface area contributed by atoms with Gasteiger partial charge < -0.3 is 10.3 Å². The van der Waals surface area contributed by atoms with Crippen LogP contribution in [0.5, 0.6) is 0 Å². The number of aromatic nitrogens is 2. The van der Waals surface area contributed by atoms with Gasteiger partial charge in [0.1, 0.15) is 0 Å². The molecule has 0 unspecified atom stereocenters. The van der Waals surface area contributed by atoms with Gasteiger partial charge in [-0.15, -0.1) is 11.8 Å². The van der Waals surface area contributed by atoms with Gasteiger partial charge >= 0.3 is 0 Å². The maximum Gasteiger partial charge on any atom is 0.260 e. The summed E-state index contributed by atoms with van der Waals surface area (Å²) in [4.78, 5) is 4.45. The lowest BCUT2D eigenvalue weighted by molar-refractivity contribution is 0.425.